The number of carboxylic acid groups (broad SMARTS) is 1. The summed E-state index contributed by atoms with van der Waals surface area (Å²) >= 11 is 0. The van der Waals surface area contributed by atoms with Crippen LogP contribution in [0.1, 0.15) is 0 Å². The number of imidazole rings is 1. The molecule has 0 fully saturated rings. The Kier molecular flexibility index (Phi) is 2.06. The highest BCUT2D eigenvalue weighted by Gasteiger charge is 2.01. The lowest BCUT2D eigenvalue weighted by Crippen LogP contribution is -2.14. The Morgan fingerprint density at radius 2 is 2.43 bits per heavy atom. The second kappa shape index (κ2) is 3.37. The summed E-state index contributed by atoms with van der Waals surface area (Å²) in [6.07, 6.45) is 3.45. The zero-order chi connectivity index (χ0) is 9.97. The molecule has 0 saturated heterocycles. The van der Waals surface area contributed by atoms with Gasteiger partial charge in [-0.1, -0.05) is 6.07 Å². The highest BCUT2D eigenvalue weighted by atomic mass is 16.4. The van der Waals surface area contributed by atoms with Gasteiger partial charge in [0.15, 0.2) is 0 Å². The molecule has 0 bridgehead atoms. The maximum atomic E-state index is 10.4. The summed E-state index contributed by atoms with van der Waals surface area (Å²) < 4.78 is 1.79. The maximum Gasteiger partial charge on any atom is 0.322 e. The van der Waals surface area contributed by atoms with E-state index in [1.54, 1.807) is 22.9 Å². The SMILES string of the molecule is O=C(O)CNc1cccc2nccn12. The van der Waals surface area contributed by atoms with E-state index in [0.29, 0.717) is 0 Å². The number of carbonyl (C=O) groups is 1. The fraction of sp³-hybridized carbons (Fsp3) is 0.111. The van der Waals surface area contributed by atoms with Gasteiger partial charge in [0.25, 0.3) is 0 Å². The van der Waals surface area contributed by atoms with Crippen LogP contribution >= 0.6 is 0 Å². The molecule has 0 aliphatic carbocycles. The first-order chi connectivity index (χ1) is 6.77. The Bertz CT molecular complexity index is 464. The molecule has 2 N–H and O–H groups in total. The summed E-state index contributed by atoms with van der Waals surface area (Å²) in [6.45, 7) is -0.0999. The maximum absolute atomic E-state index is 10.4. The molecule has 2 aromatic heterocycles. The minimum absolute atomic E-state index is 0.0999. The predicted octanol–water partition coefficient (Wildman–Crippen LogP) is 0.831. The van der Waals surface area contributed by atoms with E-state index in [1.807, 2.05) is 12.1 Å². The first-order valence-electron chi connectivity index (χ1n) is 4.15. The van der Waals surface area contributed by atoms with Gasteiger partial charge >= 0.3 is 5.97 Å². The van der Waals surface area contributed by atoms with E-state index in [-0.39, 0.29) is 6.54 Å². The number of rotatable bonds is 3. The molecule has 72 valence electrons. The van der Waals surface area contributed by atoms with Gasteiger partial charge < -0.3 is 10.4 Å². The summed E-state index contributed by atoms with van der Waals surface area (Å²) in [5, 5.41) is 11.3. The molecule has 2 rings (SSSR count). The van der Waals surface area contributed by atoms with E-state index in [1.165, 1.54) is 0 Å². The van der Waals surface area contributed by atoms with Crippen molar-refractivity contribution in [3.8, 4) is 0 Å². The molecule has 0 spiro atoms. The van der Waals surface area contributed by atoms with Crippen LogP contribution in [-0.4, -0.2) is 27.0 Å². The van der Waals surface area contributed by atoms with Crippen LogP contribution in [0.15, 0.2) is 30.6 Å². The third-order valence-electron chi connectivity index (χ3n) is 1.85. The number of hydrogen-bond acceptors (Lipinski definition) is 3. The van der Waals surface area contributed by atoms with Crippen LogP contribution in [0.4, 0.5) is 5.82 Å². The van der Waals surface area contributed by atoms with Gasteiger partial charge in [-0.05, 0) is 12.1 Å². The van der Waals surface area contributed by atoms with Gasteiger partial charge in [-0.2, -0.15) is 0 Å². The molecule has 0 atom stereocenters. The van der Waals surface area contributed by atoms with Gasteiger partial charge in [0, 0.05) is 12.4 Å². The lowest BCUT2D eigenvalue weighted by Gasteiger charge is -2.05. The first kappa shape index (κ1) is 8.55. The Labute approximate surface area is 80.0 Å². The van der Waals surface area contributed by atoms with Crippen molar-refractivity contribution >= 4 is 17.4 Å². The molecule has 0 unspecified atom stereocenters. The molecule has 2 heterocycles. The van der Waals surface area contributed by atoms with Crippen LogP contribution in [0, 0.1) is 0 Å². The Morgan fingerprint density at radius 1 is 1.57 bits per heavy atom. The van der Waals surface area contributed by atoms with Gasteiger partial charge in [-0.3, -0.25) is 9.20 Å². The van der Waals surface area contributed by atoms with Crippen molar-refractivity contribution in [3.05, 3.63) is 30.6 Å². The minimum atomic E-state index is -0.887. The summed E-state index contributed by atoms with van der Waals surface area (Å²) in [7, 11) is 0. The fourth-order valence-electron chi connectivity index (χ4n) is 1.26. The van der Waals surface area contributed by atoms with Crippen LogP contribution in [0.5, 0.6) is 0 Å². The largest absolute Gasteiger partial charge is 0.480 e. The van der Waals surface area contributed by atoms with E-state index in [0.717, 1.165) is 11.5 Å². The van der Waals surface area contributed by atoms with Crippen molar-refractivity contribution in [2.24, 2.45) is 0 Å². The van der Waals surface area contributed by atoms with E-state index in [2.05, 4.69) is 10.3 Å². The van der Waals surface area contributed by atoms with Gasteiger partial charge in [0.2, 0.25) is 0 Å². The van der Waals surface area contributed by atoms with Gasteiger partial charge in [-0.15, -0.1) is 0 Å². The third-order valence-corrected chi connectivity index (χ3v) is 1.85. The van der Waals surface area contributed by atoms with Crippen molar-refractivity contribution in [2.75, 3.05) is 11.9 Å². The molecule has 2 aromatic rings. The normalized spacial score (nSPS) is 10.3. The van der Waals surface area contributed by atoms with E-state index >= 15 is 0 Å². The summed E-state index contributed by atoms with van der Waals surface area (Å²) in [6, 6.07) is 5.48. The molecule has 0 radical (unpaired) electrons. The van der Waals surface area contributed by atoms with E-state index in [9.17, 15) is 4.79 Å². The van der Waals surface area contributed by atoms with Crippen LogP contribution in [0.2, 0.25) is 0 Å². The topological polar surface area (TPSA) is 66.6 Å². The van der Waals surface area contributed by atoms with Gasteiger partial charge in [0.05, 0.1) is 0 Å². The minimum Gasteiger partial charge on any atom is -0.480 e. The average molecular weight is 191 g/mol. The van der Waals surface area contributed by atoms with Crippen molar-refractivity contribution in [3.63, 3.8) is 0 Å². The molecular formula is C9H9N3O2. The summed E-state index contributed by atoms with van der Waals surface area (Å²) in [4.78, 5) is 14.4. The van der Waals surface area contributed by atoms with Crippen molar-refractivity contribution in [2.45, 2.75) is 0 Å². The van der Waals surface area contributed by atoms with Gasteiger partial charge in [-0.25, -0.2) is 4.98 Å². The molecule has 0 saturated carbocycles. The number of nitrogens with one attached hydrogen (secondary N) is 1. The average Bonchev–Trinajstić information content (AvgIpc) is 2.62. The second-order valence-electron chi connectivity index (χ2n) is 2.81. The number of aromatic nitrogens is 2. The predicted molar refractivity (Wildman–Crippen MR) is 51.3 cm³/mol. The third kappa shape index (κ3) is 1.52. The van der Waals surface area contributed by atoms with E-state index < -0.39 is 5.97 Å². The number of nitrogens with zero attached hydrogens (tertiary/aromatic N) is 2. The second-order valence-corrected chi connectivity index (χ2v) is 2.81. The number of aliphatic carboxylic acids is 1. The summed E-state index contributed by atoms with van der Waals surface area (Å²) in [5.41, 5.74) is 0.792. The van der Waals surface area contributed by atoms with Crippen LogP contribution in [0.3, 0.4) is 0 Å². The number of pyridine rings is 1. The van der Waals surface area contributed by atoms with Crippen molar-refractivity contribution in [1.29, 1.82) is 0 Å². The molecule has 0 amide bonds. The van der Waals surface area contributed by atoms with Gasteiger partial charge in [0.1, 0.15) is 18.0 Å². The molecule has 0 aliphatic rings. The number of hydrogen-bond donors (Lipinski definition) is 2. The molecule has 5 heteroatoms. The molecular weight excluding hydrogens is 182 g/mol. The van der Waals surface area contributed by atoms with Crippen LogP contribution in [-0.2, 0) is 4.79 Å². The number of anilines is 1. The lowest BCUT2D eigenvalue weighted by molar-refractivity contribution is -0.134. The van der Waals surface area contributed by atoms with E-state index in [4.69, 9.17) is 5.11 Å². The highest BCUT2D eigenvalue weighted by molar-refractivity contribution is 5.72. The summed E-state index contributed by atoms with van der Waals surface area (Å²) in [5.74, 6) is -0.162. The fourth-order valence-corrected chi connectivity index (χ4v) is 1.26. The molecule has 5 nitrogen and oxygen atoms in total. The number of fused-ring (bicyclic) bond motifs is 1. The van der Waals surface area contributed by atoms with Crippen LogP contribution < -0.4 is 5.32 Å². The molecule has 0 aromatic carbocycles. The molecule has 14 heavy (non-hydrogen) atoms. The zero-order valence-corrected chi connectivity index (χ0v) is 7.34. The monoisotopic (exact) mass is 191 g/mol. The Balaban J connectivity index is 2.32. The quantitative estimate of drug-likeness (QED) is 0.754. The first-order valence-corrected chi connectivity index (χ1v) is 4.15. The zero-order valence-electron chi connectivity index (χ0n) is 7.34. The van der Waals surface area contributed by atoms with Crippen molar-refractivity contribution < 1.29 is 9.90 Å². The highest BCUT2D eigenvalue weighted by Crippen LogP contribution is 2.09. The smallest absolute Gasteiger partial charge is 0.322 e. The Hall–Kier alpha value is -2.04. The lowest BCUT2D eigenvalue weighted by atomic mass is 10.4. The van der Waals surface area contributed by atoms with Crippen molar-refractivity contribution in [1.82, 2.24) is 9.38 Å². The standard InChI is InChI=1S/C9H9N3O2/c13-9(14)6-11-8-3-1-2-7-10-4-5-12(7)8/h1-5,11H,6H2,(H,13,14). The Morgan fingerprint density at radius 3 is 3.21 bits per heavy atom. The number of carboxylic acids is 1. The molecule has 0 aliphatic heterocycles. The van der Waals surface area contributed by atoms with Crippen LogP contribution in [0.25, 0.3) is 5.65 Å².